The molecule has 0 saturated carbocycles. The van der Waals surface area contributed by atoms with Crippen molar-refractivity contribution >= 4 is 18.0 Å². The molecule has 8 heteroatoms. The molecule has 1 aromatic heterocycles. The van der Waals surface area contributed by atoms with E-state index in [9.17, 15) is 9.59 Å². The van der Waals surface area contributed by atoms with E-state index in [4.69, 9.17) is 9.47 Å². The van der Waals surface area contributed by atoms with Gasteiger partial charge in [-0.25, -0.2) is 9.59 Å². The van der Waals surface area contributed by atoms with Gasteiger partial charge >= 0.3 is 12.2 Å². The van der Waals surface area contributed by atoms with E-state index in [-0.39, 0.29) is 6.09 Å². The fraction of sp³-hybridized carbons (Fsp3) is 0.722. The third-order valence-corrected chi connectivity index (χ3v) is 3.66. The topological polar surface area (TPSA) is 76.9 Å². The Balaban J connectivity index is 2.13. The van der Waals surface area contributed by atoms with Crippen molar-refractivity contribution in [3.63, 3.8) is 0 Å². The largest absolute Gasteiger partial charge is 0.444 e. The molecule has 2 rings (SSSR count). The minimum atomic E-state index is -0.574. The molecule has 0 spiro atoms. The number of nitrogens with zero attached hydrogens (tertiary/aromatic N) is 4. The second kappa shape index (κ2) is 7.17. The molecule has 0 bridgehead atoms. The molecule has 2 amide bonds. The number of anilines is 1. The van der Waals surface area contributed by atoms with Gasteiger partial charge in [0.05, 0.1) is 12.2 Å². The van der Waals surface area contributed by atoms with E-state index in [1.165, 1.54) is 4.90 Å². The molecular weight excluding hydrogens is 336 g/mol. The van der Waals surface area contributed by atoms with Crippen LogP contribution in [0.15, 0.2) is 6.07 Å². The van der Waals surface area contributed by atoms with Crippen molar-refractivity contribution in [3.8, 4) is 0 Å². The van der Waals surface area contributed by atoms with E-state index < -0.39 is 17.3 Å². The van der Waals surface area contributed by atoms with Crippen LogP contribution >= 0.6 is 0 Å². The molecule has 0 radical (unpaired) electrons. The maximum atomic E-state index is 12.4. The van der Waals surface area contributed by atoms with Gasteiger partial charge in [0, 0.05) is 26.2 Å². The first-order valence-electron chi connectivity index (χ1n) is 8.87. The zero-order valence-corrected chi connectivity index (χ0v) is 16.8. The minimum Gasteiger partial charge on any atom is -0.444 e. The van der Waals surface area contributed by atoms with Crippen LogP contribution in [-0.2, 0) is 22.6 Å². The Labute approximate surface area is 155 Å². The lowest BCUT2D eigenvalue weighted by Gasteiger charge is -2.26. The van der Waals surface area contributed by atoms with Crippen molar-refractivity contribution < 1.29 is 19.1 Å². The van der Waals surface area contributed by atoms with E-state index in [1.54, 1.807) is 11.9 Å². The number of hydrogen-bond acceptors (Lipinski definition) is 5. The van der Waals surface area contributed by atoms with Crippen LogP contribution in [-0.4, -0.2) is 51.7 Å². The number of amides is 2. The summed E-state index contributed by atoms with van der Waals surface area (Å²) >= 11 is 0. The number of hydrogen-bond donors (Lipinski definition) is 0. The quantitative estimate of drug-likeness (QED) is 0.761. The highest BCUT2D eigenvalue weighted by Crippen LogP contribution is 2.22. The van der Waals surface area contributed by atoms with Gasteiger partial charge in [0.25, 0.3) is 0 Å². The first-order valence-corrected chi connectivity index (χ1v) is 8.87. The molecule has 0 unspecified atom stereocenters. The summed E-state index contributed by atoms with van der Waals surface area (Å²) in [6.45, 7) is 12.7. The highest BCUT2D eigenvalue weighted by molar-refractivity contribution is 5.86. The monoisotopic (exact) mass is 366 g/mol. The predicted octanol–water partition coefficient (Wildman–Crippen LogP) is 3.40. The molecule has 0 aliphatic carbocycles. The average molecular weight is 366 g/mol. The van der Waals surface area contributed by atoms with Crippen LogP contribution in [0.3, 0.4) is 0 Å². The maximum absolute atomic E-state index is 12.4. The van der Waals surface area contributed by atoms with Gasteiger partial charge in [-0.3, -0.25) is 9.58 Å². The summed E-state index contributed by atoms with van der Waals surface area (Å²) in [5.41, 5.74) is -0.250. The van der Waals surface area contributed by atoms with Crippen LogP contribution in [0.25, 0.3) is 0 Å². The van der Waals surface area contributed by atoms with Gasteiger partial charge in [-0.2, -0.15) is 5.10 Å². The lowest BCUT2D eigenvalue weighted by Crippen LogP contribution is -2.36. The average Bonchev–Trinajstić information content (AvgIpc) is 2.74. The van der Waals surface area contributed by atoms with Crippen molar-refractivity contribution in [1.82, 2.24) is 14.7 Å². The van der Waals surface area contributed by atoms with Crippen molar-refractivity contribution in [3.05, 3.63) is 11.8 Å². The van der Waals surface area contributed by atoms with Gasteiger partial charge in [-0.1, -0.05) is 0 Å². The fourth-order valence-electron chi connectivity index (χ4n) is 2.52. The Morgan fingerprint density at radius 1 is 1.08 bits per heavy atom. The minimum absolute atomic E-state index is 0.339. The van der Waals surface area contributed by atoms with Crippen LogP contribution in [0.2, 0.25) is 0 Å². The number of fused-ring (bicyclic) bond motifs is 1. The molecule has 146 valence electrons. The summed E-state index contributed by atoms with van der Waals surface area (Å²) in [6, 6.07) is 1.81. The fourth-order valence-corrected chi connectivity index (χ4v) is 2.52. The molecule has 2 heterocycles. The van der Waals surface area contributed by atoms with Crippen LogP contribution in [0.1, 0.15) is 53.7 Å². The molecule has 8 nitrogen and oxygen atoms in total. The van der Waals surface area contributed by atoms with Crippen LogP contribution in [0.4, 0.5) is 15.4 Å². The van der Waals surface area contributed by atoms with Gasteiger partial charge in [0.15, 0.2) is 5.82 Å². The normalized spacial score (nSPS) is 15.1. The SMILES string of the molecule is CN(C(=O)OC(C)(C)C)c1cc2n(n1)CCCN(C(=O)OC(C)(C)C)C2. The van der Waals surface area contributed by atoms with Crippen LogP contribution < -0.4 is 4.90 Å². The molecule has 0 aromatic carbocycles. The maximum Gasteiger partial charge on any atom is 0.415 e. The standard InChI is InChI=1S/C18H30N4O4/c1-17(2,3)25-15(23)20(7)14-11-13-12-21(9-8-10-22(13)19-14)16(24)26-18(4,5)6/h11H,8-10,12H2,1-7H3. The van der Waals surface area contributed by atoms with Crippen molar-refractivity contribution in [2.45, 2.75) is 72.3 Å². The van der Waals surface area contributed by atoms with E-state index >= 15 is 0 Å². The molecular formula is C18H30N4O4. The number of carbonyl (C=O) groups excluding carboxylic acids is 2. The molecule has 1 aliphatic rings. The highest BCUT2D eigenvalue weighted by Gasteiger charge is 2.27. The Hall–Kier alpha value is -2.25. The summed E-state index contributed by atoms with van der Waals surface area (Å²) in [6.07, 6.45) is -0.0345. The van der Waals surface area contributed by atoms with Crippen molar-refractivity contribution in [2.24, 2.45) is 0 Å². The molecule has 1 aliphatic heterocycles. The van der Waals surface area contributed by atoms with Gasteiger partial charge < -0.3 is 14.4 Å². The summed E-state index contributed by atoms with van der Waals surface area (Å²) < 4.78 is 12.7. The first-order chi connectivity index (χ1) is 11.9. The Kier molecular flexibility index (Phi) is 5.53. The molecule has 0 atom stereocenters. The molecule has 0 saturated heterocycles. The molecule has 1 aromatic rings. The lowest BCUT2D eigenvalue weighted by molar-refractivity contribution is 0.0236. The first kappa shape index (κ1) is 20.1. The van der Waals surface area contributed by atoms with Crippen molar-refractivity contribution in [1.29, 1.82) is 0 Å². The number of ether oxygens (including phenoxy) is 2. The third-order valence-electron chi connectivity index (χ3n) is 3.66. The van der Waals surface area contributed by atoms with Crippen LogP contribution in [0.5, 0.6) is 0 Å². The van der Waals surface area contributed by atoms with E-state index in [1.807, 2.05) is 52.3 Å². The molecule has 0 N–H and O–H groups in total. The zero-order valence-electron chi connectivity index (χ0n) is 16.8. The Morgan fingerprint density at radius 2 is 1.69 bits per heavy atom. The van der Waals surface area contributed by atoms with E-state index in [0.717, 1.165) is 12.1 Å². The summed E-state index contributed by atoms with van der Waals surface area (Å²) in [5, 5.41) is 4.49. The van der Waals surface area contributed by atoms with Crippen LogP contribution in [0, 0.1) is 0 Å². The Bertz CT molecular complexity index is 670. The number of rotatable bonds is 1. The van der Waals surface area contributed by atoms with Gasteiger partial charge in [0.2, 0.25) is 0 Å². The lowest BCUT2D eigenvalue weighted by atomic mass is 10.2. The molecule has 0 fully saturated rings. The van der Waals surface area contributed by atoms with Gasteiger partial charge in [-0.05, 0) is 48.0 Å². The second-order valence-electron chi connectivity index (χ2n) is 8.51. The summed E-state index contributed by atoms with van der Waals surface area (Å²) in [5.74, 6) is 0.500. The predicted molar refractivity (Wildman–Crippen MR) is 98.1 cm³/mol. The third kappa shape index (κ3) is 5.37. The summed E-state index contributed by atoms with van der Waals surface area (Å²) in [7, 11) is 1.63. The summed E-state index contributed by atoms with van der Waals surface area (Å²) in [4.78, 5) is 27.7. The number of carbonyl (C=O) groups is 2. The number of aromatic nitrogens is 2. The number of aryl methyl sites for hydroxylation is 1. The zero-order chi connectivity index (χ0) is 19.7. The highest BCUT2D eigenvalue weighted by atomic mass is 16.6. The Morgan fingerprint density at radius 3 is 2.27 bits per heavy atom. The van der Waals surface area contributed by atoms with E-state index in [2.05, 4.69) is 5.10 Å². The van der Waals surface area contributed by atoms with E-state index in [0.29, 0.717) is 25.5 Å². The van der Waals surface area contributed by atoms with Crippen molar-refractivity contribution in [2.75, 3.05) is 18.5 Å². The molecule has 26 heavy (non-hydrogen) atoms. The second-order valence-corrected chi connectivity index (χ2v) is 8.51. The van der Waals surface area contributed by atoms with Gasteiger partial charge in [-0.15, -0.1) is 0 Å². The van der Waals surface area contributed by atoms with Gasteiger partial charge in [0.1, 0.15) is 11.2 Å². The smallest absolute Gasteiger partial charge is 0.415 e.